The Hall–Kier alpha value is -4.07. The molecule has 0 bridgehead atoms. The molecule has 1 amide bonds. The van der Waals surface area contributed by atoms with E-state index in [-0.39, 0.29) is 11.0 Å². The van der Waals surface area contributed by atoms with E-state index in [0.29, 0.717) is 23.5 Å². The molecule has 0 aliphatic carbocycles. The number of ether oxygens (including phenoxy) is 1. The first kappa shape index (κ1) is 25.0. The zero-order chi connectivity index (χ0) is 26.2. The summed E-state index contributed by atoms with van der Waals surface area (Å²) in [6.45, 7) is 8.26. The van der Waals surface area contributed by atoms with E-state index < -0.39 is 40.8 Å². The Labute approximate surface area is 207 Å². The van der Waals surface area contributed by atoms with Crippen LogP contribution in [0.2, 0.25) is 0 Å². The van der Waals surface area contributed by atoms with Gasteiger partial charge >= 0.3 is 0 Å². The van der Waals surface area contributed by atoms with Crippen molar-refractivity contribution in [1.29, 1.82) is 0 Å². The van der Waals surface area contributed by atoms with Gasteiger partial charge in [-0.15, -0.1) is 0 Å². The van der Waals surface area contributed by atoms with Crippen LogP contribution in [0.3, 0.4) is 0 Å². The number of pyridine rings is 1. The van der Waals surface area contributed by atoms with Crippen molar-refractivity contribution in [2.24, 2.45) is 0 Å². The zero-order valence-corrected chi connectivity index (χ0v) is 20.4. The number of amides is 1. The predicted octanol–water partition coefficient (Wildman–Crippen LogP) is 5.68. The first-order valence-corrected chi connectivity index (χ1v) is 11.5. The van der Waals surface area contributed by atoms with Gasteiger partial charge in [-0.1, -0.05) is 20.8 Å². The molecule has 36 heavy (non-hydrogen) atoms. The lowest BCUT2D eigenvalue weighted by Crippen LogP contribution is -2.30. The van der Waals surface area contributed by atoms with Crippen molar-refractivity contribution in [3.05, 3.63) is 94.8 Å². The highest BCUT2D eigenvalue weighted by molar-refractivity contribution is 6.51. The molecule has 1 unspecified atom stereocenters. The summed E-state index contributed by atoms with van der Waals surface area (Å²) in [6, 6.07) is 9.55. The third kappa shape index (κ3) is 4.46. The van der Waals surface area contributed by atoms with Gasteiger partial charge in [-0.25, -0.2) is 8.78 Å². The lowest BCUT2D eigenvalue weighted by Gasteiger charge is -2.26. The molecule has 3 aromatic rings. The fraction of sp³-hybridized carbons (Fsp3) is 0.250. The van der Waals surface area contributed by atoms with E-state index in [4.69, 9.17) is 4.74 Å². The summed E-state index contributed by atoms with van der Waals surface area (Å²) < 4.78 is 34.6. The molecule has 8 heteroatoms. The summed E-state index contributed by atoms with van der Waals surface area (Å²) in [5, 5.41) is 11.4. The highest BCUT2D eigenvalue weighted by Crippen LogP contribution is 2.43. The van der Waals surface area contributed by atoms with Gasteiger partial charge in [-0.3, -0.25) is 19.5 Å². The molecule has 2 heterocycles. The van der Waals surface area contributed by atoms with Gasteiger partial charge in [-0.05, 0) is 60.4 Å². The van der Waals surface area contributed by atoms with E-state index in [1.165, 1.54) is 12.4 Å². The SMILES string of the molecule is CCOc1ccc(/C(O)=C2/C(=O)C(=O)N(c3cc(F)ccc3F)C2c2ccncc2)cc1C(C)(C)C. The molecule has 4 rings (SSSR count). The minimum atomic E-state index is -1.20. The van der Waals surface area contributed by atoms with Crippen LogP contribution in [0.5, 0.6) is 5.75 Å². The molecule has 2 aromatic carbocycles. The number of rotatable bonds is 5. The number of ketones is 1. The number of aromatic nitrogens is 1. The number of carbonyl (C=O) groups excluding carboxylic acids is 2. The summed E-state index contributed by atoms with van der Waals surface area (Å²) in [5.74, 6) is -3.54. The van der Waals surface area contributed by atoms with Crippen molar-refractivity contribution in [3.8, 4) is 5.75 Å². The molecule has 0 radical (unpaired) electrons. The summed E-state index contributed by atoms with van der Waals surface area (Å²) in [5.41, 5.74) is 0.483. The van der Waals surface area contributed by atoms with Gasteiger partial charge in [-0.2, -0.15) is 0 Å². The van der Waals surface area contributed by atoms with Crippen LogP contribution >= 0.6 is 0 Å². The van der Waals surface area contributed by atoms with Crippen molar-refractivity contribution in [3.63, 3.8) is 0 Å². The topological polar surface area (TPSA) is 79.7 Å². The number of halogens is 2. The molecule has 186 valence electrons. The van der Waals surface area contributed by atoms with Crippen molar-refractivity contribution in [2.75, 3.05) is 11.5 Å². The number of hydrogen-bond acceptors (Lipinski definition) is 5. The molecule has 1 aromatic heterocycles. The molecule has 6 nitrogen and oxygen atoms in total. The number of aliphatic hydroxyl groups excluding tert-OH is 1. The van der Waals surface area contributed by atoms with Crippen LogP contribution in [0, 0.1) is 11.6 Å². The maximum Gasteiger partial charge on any atom is 0.300 e. The number of benzene rings is 2. The van der Waals surface area contributed by atoms with Gasteiger partial charge in [0.15, 0.2) is 0 Å². The molecule has 1 saturated heterocycles. The number of aliphatic hydroxyl groups is 1. The normalized spacial score (nSPS) is 17.5. The largest absolute Gasteiger partial charge is 0.507 e. The summed E-state index contributed by atoms with van der Waals surface area (Å²) in [4.78, 5) is 31.3. The highest BCUT2D eigenvalue weighted by Gasteiger charge is 2.48. The molecule has 0 saturated carbocycles. The van der Waals surface area contributed by atoms with Gasteiger partial charge in [0.2, 0.25) is 0 Å². The summed E-state index contributed by atoms with van der Waals surface area (Å²) in [7, 11) is 0. The Morgan fingerprint density at radius 2 is 1.75 bits per heavy atom. The Kier molecular flexibility index (Phi) is 6.63. The van der Waals surface area contributed by atoms with E-state index in [1.54, 1.807) is 30.3 Å². The van der Waals surface area contributed by atoms with Crippen LogP contribution in [0.25, 0.3) is 5.76 Å². The highest BCUT2D eigenvalue weighted by atomic mass is 19.1. The zero-order valence-electron chi connectivity index (χ0n) is 20.4. The molecule has 1 N–H and O–H groups in total. The first-order chi connectivity index (χ1) is 17.0. The standard InChI is InChI=1S/C28H26F2N2O4/c1-5-36-22-9-6-17(14-19(22)28(2,3)4)25(33)23-24(16-10-12-31-13-11-16)32(27(35)26(23)34)21-15-18(29)7-8-20(21)30/h6-15,24,33H,5H2,1-4H3/b25-23-. The molecule has 0 spiro atoms. The van der Waals surface area contributed by atoms with Crippen LogP contribution < -0.4 is 9.64 Å². The number of carbonyl (C=O) groups is 2. The third-order valence-corrected chi connectivity index (χ3v) is 5.99. The van der Waals surface area contributed by atoms with Crippen molar-refractivity contribution < 1.29 is 28.2 Å². The smallest absolute Gasteiger partial charge is 0.300 e. The number of Topliss-reactive ketones (excluding diaryl/α,β-unsaturated/α-hetero) is 1. The minimum absolute atomic E-state index is 0.237. The fourth-order valence-electron chi connectivity index (χ4n) is 4.31. The summed E-state index contributed by atoms with van der Waals surface area (Å²) in [6.07, 6.45) is 2.90. The van der Waals surface area contributed by atoms with Crippen LogP contribution in [-0.2, 0) is 15.0 Å². The Morgan fingerprint density at radius 1 is 1.06 bits per heavy atom. The maximum absolute atomic E-state index is 14.8. The Balaban J connectivity index is 1.96. The minimum Gasteiger partial charge on any atom is -0.507 e. The molecule has 1 aliphatic heterocycles. The van der Waals surface area contributed by atoms with Crippen molar-refractivity contribution in [1.82, 2.24) is 4.98 Å². The Bertz CT molecular complexity index is 1360. The van der Waals surface area contributed by atoms with Crippen LogP contribution in [-0.4, -0.2) is 28.4 Å². The fourth-order valence-corrected chi connectivity index (χ4v) is 4.31. The van der Waals surface area contributed by atoms with Gasteiger partial charge in [0.25, 0.3) is 11.7 Å². The van der Waals surface area contributed by atoms with Gasteiger partial charge in [0.1, 0.15) is 23.1 Å². The number of anilines is 1. The molecule has 1 fully saturated rings. The van der Waals surface area contributed by atoms with Crippen LogP contribution in [0.4, 0.5) is 14.5 Å². The van der Waals surface area contributed by atoms with Crippen molar-refractivity contribution in [2.45, 2.75) is 39.2 Å². The van der Waals surface area contributed by atoms with E-state index in [9.17, 15) is 23.5 Å². The maximum atomic E-state index is 14.8. The quantitative estimate of drug-likeness (QED) is 0.282. The second kappa shape index (κ2) is 9.53. The second-order valence-corrected chi connectivity index (χ2v) is 9.44. The van der Waals surface area contributed by atoms with E-state index >= 15 is 0 Å². The van der Waals surface area contributed by atoms with Crippen LogP contribution in [0.15, 0.2) is 66.5 Å². The second-order valence-electron chi connectivity index (χ2n) is 9.44. The Morgan fingerprint density at radius 3 is 2.39 bits per heavy atom. The first-order valence-electron chi connectivity index (χ1n) is 11.5. The van der Waals surface area contributed by atoms with Gasteiger partial charge in [0.05, 0.1) is 23.9 Å². The van der Waals surface area contributed by atoms with E-state index in [0.717, 1.165) is 28.7 Å². The number of nitrogens with zero attached hydrogens (tertiary/aromatic N) is 2. The monoisotopic (exact) mass is 492 g/mol. The van der Waals surface area contributed by atoms with Crippen LogP contribution in [0.1, 0.15) is 50.4 Å². The molecule has 1 aliphatic rings. The third-order valence-electron chi connectivity index (χ3n) is 5.99. The molecule has 1 atom stereocenters. The average Bonchev–Trinajstić information content (AvgIpc) is 3.11. The predicted molar refractivity (Wildman–Crippen MR) is 132 cm³/mol. The summed E-state index contributed by atoms with van der Waals surface area (Å²) >= 11 is 0. The van der Waals surface area contributed by atoms with Gasteiger partial charge in [0, 0.05) is 29.6 Å². The lowest BCUT2D eigenvalue weighted by atomic mass is 9.84. The van der Waals surface area contributed by atoms with Crippen molar-refractivity contribution >= 4 is 23.1 Å². The van der Waals surface area contributed by atoms with Gasteiger partial charge < -0.3 is 9.84 Å². The van der Waals surface area contributed by atoms with E-state index in [1.807, 2.05) is 27.7 Å². The molecular formula is C28H26F2N2O4. The van der Waals surface area contributed by atoms with E-state index in [2.05, 4.69) is 4.98 Å². The molecular weight excluding hydrogens is 466 g/mol. The lowest BCUT2D eigenvalue weighted by molar-refractivity contribution is -0.132. The number of hydrogen-bond donors (Lipinski definition) is 1. The average molecular weight is 493 g/mol.